The van der Waals surface area contributed by atoms with Gasteiger partial charge in [0.05, 0.1) is 0 Å². The van der Waals surface area contributed by atoms with Gasteiger partial charge in [0.2, 0.25) is 0 Å². The number of aryl methyl sites for hydroxylation is 1. The van der Waals surface area contributed by atoms with Crippen LogP contribution >= 0.6 is 0 Å². The third-order valence-electron chi connectivity index (χ3n) is 3.53. The number of rotatable bonds is 6. The van der Waals surface area contributed by atoms with Crippen LogP contribution in [-0.4, -0.2) is 7.05 Å². The van der Waals surface area contributed by atoms with Crippen molar-refractivity contribution in [3.8, 4) is 5.75 Å². The van der Waals surface area contributed by atoms with E-state index in [9.17, 15) is 0 Å². The highest BCUT2D eigenvalue weighted by Gasteiger charge is 2.12. The number of nitrogens with one attached hydrogen (secondary N) is 1. The third kappa shape index (κ3) is 3.61. The predicted octanol–water partition coefficient (Wildman–Crippen LogP) is 4.24. The second-order valence-electron chi connectivity index (χ2n) is 5.07. The molecule has 0 aliphatic rings. The first-order valence-corrected chi connectivity index (χ1v) is 7.19. The molecule has 1 atom stereocenters. The molecule has 2 aromatic rings. The van der Waals surface area contributed by atoms with Gasteiger partial charge in [0.25, 0.3) is 0 Å². The van der Waals surface area contributed by atoms with E-state index in [-0.39, 0.29) is 0 Å². The summed E-state index contributed by atoms with van der Waals surface area (Å²) in [5.74, 6) is 0.968. The Bertz CT molecular complexity index is 547. The van der Waals surface area contributed by atoms with Crippen LogP contribution in [0, 0.1) is 6.92 Å². The van der Waals surface area contributed by atoms with E-state index in [2.05, 4.69) is 55.6 Å². The molecule has 2 heteroatoms. The van der Waals surface area contributed by atoms with Crippen molar-refractivity contribution in [2.45, 2.75) is 32.9 Å². The molecule has 0 saturated heterocycles. The Labute approximate surface area is 121 Å². The third-order valence-corrected chi connectivity index (χ3v) is 3.53. The number of para-hydroxylation sites is 1. The van der Waals surface area contributed by atoms with Crippen molar-refractivity contribution in [3.63, 3.8) is 0 Å². The average molecular weight is 269 g/mol. The Morgan fingerprint density at radius 2 is 1.90 bits per heavy atom. The summed E-state index contributed by atoms with van der Waals surface area (Å²) in [5, 5.41) is 3.34. The van der Waals surface area contributed by atoms with Crippen molar-refractivity contribution in [2.24, 2.45) is 0 Å². The molecule has 0 aromatic heterocycles. The Morgan fingerprint density at radius 3 is 2.60 bits per heavy atom. The molecule has 0 aliphatic carbocycles. The lowest BCUT2D eigenvalue weighted by Gasteiger charge is -2.18. The minimum absolute atomic E-state index is 0.337. The summed E-state index contributed by atoms with van der Waals surface area (Å²) in [7, 11) is 1.99. The van der Waals surface area contributed by atoms with Gasteiger partial charge in [-0.05, 0) is 32.0 Å². The SMILES string of the molecule is CCC(NC)c1ccccc1OCc1cccc(C)c1. The number of hydrogen-bond acceptors (Lipinski definition) is 2. The highest BCUT2D eigenvalue weighted by Crippen LogP contribution is 2.27. The maximum atomic E-state index is 6.02. The second-order valence-corrected chi connectivity index (χ2v) is 5.07. The lowest BCUT2D eigenvalue weighted by molar-refractivity contribution is 0.299. The molecule has 1 N–H and O–H groups in total. The fourth-order valence-corrected chi connectivity index (χ4v) is 2.44. The molecule has 0 saturated carbocycles. The minimum Gasteiger partial charge on any atom is -0.489 e. The van der Waals surface area contributed by atoms with E-state index in [1.165, 1.54) is 16.7 Å². The van der Waals surface area contributed by atoms with Gasteiger partial charge in [-0.15, -0.1) is 0 Å². The molecule has 0 aliphatic heterocycles. The lowest BCUT2D eigenvalue weighted by atomic mass is 10.0. The molecular weight excluding hydrogens is 246 g/mol. The van der Waals surface area contributed by atoms with Gasteiger partial charge in [0.1, 0.15) is 12.4 Å². The van der Waals surface area contributed by atoms with E-state index >= 15 is 0 Å². The van der Waals surface area contributed by atoms with Crippen LogP contribution in [0.5, 0.6) is 5.75 Å². The van der Waals surface area contributed by atoms with Crippen molar-refractivity contribution >= 4 is 0 Å². The number of ether oxygens (including phenoxy) is 1. The maximum Gasteiger partial charge on any atom is 0.124 e. The van der Waals surface area contributed by atoms with E-state index < -0.39 is 0 Å². The fourth-order valence-electron chi connectivity index (χ4n) is 2.44. The van der Waals surface area contributed by atoms with Crippen LogP contribution in [-0.2, 0) is 6.61 Å². The van der Waals surface area contributed by atoms with E-state index in [1.54, 1.807) is 0 Å². The normalized spacial score (nSPS) is 12.2. The zero-order valence-electron chi connectivity index (χ0n) is 12.5. The summed E-state index contributed by atoms with van der Waals surface area (Å²) in [5.41, 5.74) is 3.70. The quantitative estimate of drug-likeness (QED) is 0.846. The van der Waals surface area contributed by atoms with Crippen molar-refractivity contribution in [2.75, 3.05) is 7.05 Å². The molecule has 0 fully saturated rings. The molecule has 0 radical (unpaired) electrons. The van der Waals surface area contributed by atoms with Gasteiger partial charge >= 0.3 is 0 Å². The van der Waals surface area contributed by atoms with Crippen LogP contribution < -0.4 is 10.1 Å². The minimum atomic E-state index is 0.337. The molecule has 0 bridgehead atoms. The van der Waals surface area contributed by atoms with Gasteiger partial charge in [-0.2, -0.15) is 0 Å². The highest BCUT2D eigenvalue weighted by molar-refractivity contribution is 5.36. The molecule has 0 spiro atoms. The van der Waals surface area contributed by atoms with Crippen LogP contribution in [0.15, 0.2) is 48.5 Å². The van der Waals surface area contributed by atoms with Gasteiger partial charge in [0, 0.05) is 11.6 Å². The van der Waals surface area contributed by atoms with Gasteiger partial charge in [-0.1, -0.05) is 55.0 Å². The van der Waals surface area contributed by atoms with E-state index in [0.29, 0.717) is 12.6 Å². The Morgan fingerprint density at radius 1 is 1.10 bits per heavy atom. The Hall–Kier alpha value is -1.80. The van der Waals surface area contributed by atoms with E-state index in [1.807, 2.05) is 19.2 Å². The van der Waals surface area contributed by atoms with Gasteiger partial charge in [0.15, 0.2) is 0 Å². The van der Waals surface area contributed by atoms with Crippen molar-refractivity contribution in [1.82, 2.24) is 5.32 Å². The fraction of sp³-hybridized carbons (Fsp3) is 0.333. The highest BCUT2D eigenvalue weighted by atomic mass is 16.5. The molecule has 20 heavy (non-hydrogen) atoms. The molecule has 0 heterocycles. The zero-order chi connectivity index (χ0) is 14.4. The number of benzene rings is 2. The summed E-state index contributed by atoms with van der Waals surface area (Å²) in [4.78, 5) is 0. The van der Waals surface area contributed by atoms with Crippen LogP contribution in [0.25, 0.3) is 0 Å². The molecule has 2 rings (SSSR count). The average Bonchev–Trinajstić information content (AvgIpc) is 2.48. The summed E-state index contributed by atoms with van der Waals surface area (Å²) >= 11 is 0. The van der Waals surface area contributed by atoms with Crippen LogP contribution in [0.2, 0.25) is 0 Å². The molecule has 1 unspecified atom stereocenters. The Balaban J connectivity index is 2.13. The summed E-state index contributed by atoms with van der Waals surface area (Å²) in [6, 6.07) is 17.0. The van der Waals surface area contributed by atoms with Crippen LogP contribution in [0.1, 0.15) is 36.1 Å². The second kappa shape index (κ2) is 7.11. The number of hydrogen-bond donors (Lipinski definition) is 1. The van der Waals surface area contributed by atoms with Gasteiger partial charge in [-0.3, -0.25) is 0 Å². The van der Waals surface area contributed by atoms with Gasteiger partial charge < -0.3 is 10.1 Å². The Kier molecular flexibility index (Phi) is 5.19. The molecule has 0 amide bonds. The summed E-state index contributed by atoms with van der Waals surface area (Å²) in [6.07, 6.45) is 1.04. The molecule has 2 aromatic carbocycles. The summed E-state index contributed by atoms with van der Waals surface area (Å²) in [6.45, 7) is 4.89. The maximum absolute atomic E-state index is 6.02. The monoisotopic (exact) mass is 269 g/mol. The topological polar surface area (TPSA) is 21.3 Å². The van der Waals surface area contributed by atoms with Crippen molar-refractivity contribution < 1.29 is 4.74 Å². The molecule has 2 nitrogen and oxygen atoms in total. The lowest BCUT2D eigenvalue weighted by Crippen LogP contribution is -2.16. The van der Waals surface area contributed by atoms with E-state index in [4.69, 9.17) is 4.74 Å². The van der Waals surface area contributed by atoms with Crippen molar-refractivity contribution in [3.05, 3.63) is 65.2 Å². The van der Waals surface area contributed by atoms with Crippen LogP contribution in [0.4, 0.5) is 0 Å². The predicted molar refractivity (Wildman–Crippen MR) is 84.0 cm³/mol. The van der Waals surface area contributed by atoms with E-state index in [0.717, 1.165) is 12.2 Å². The van der Waals surface area contributed by atoms with Crippen molar-refractivity contribution in [1.29, 1.82) is 0 Å². The first kappa shape index (κ1) is 14.6. The first-order valence-electron chi connectivity index (χ1n) is 7.19. The molecular formula is C18H23NO. The molecule has 106 valence electrons. The van der Waals surface area contributed by atoms with Crippen LogP contribution in [0.3, 0.4) is 0 Å². The first-order chi connectivity index (χ1) is 9.74. The standard InChI is InChI=1S/C18H23NO/c1-4-17(19-3)16-10-5-6-11-18(16)20-13-15-9-7-8-14(2)12-15/h5-12,17,19H,4,13H2,1-3H3. The summed E-state index contributed by atoms with van der Waals surface area (Å²) < 4.78 is 6.02. The largest absolute Gasteiger partial charge is 0.489 e. The van der Waals surface area contributed by atoms with Gasteiger partial charge in [-0.25, -0.2) is 0 Å². The smallest absolute Gasteiger partial charge is 0.124 e. The zero-order valence-corrected chi connectivity index (χ0v) is 12.5.